The van der Waals surface area contributed by atoms with Gasteiger partial charge in [0.1, 0.15) is 6.04 Å². The van der Waals surface area contributed by atoms with E-state index in [9.17, 15) is 14.4 Å². The van der Waals surface area contributed by atoms with Crippen LogP contribution in [0.4, 0.5) is 0 Å². The van der Waals surface area contributed by atoms with Gasteiger partial charge in [0.15, 0.2) is 0 Å². The molecule has 0 spiro atoms. The highest BCUT2D eigenvalue weighted by atomic mass is 16.5. The van der Waals surface area contributed by atoms with E-state index in [-0.39, 0.29) is 12.3 Å². The number of esters is 1. The number of nitrogens with zero attached hydrogens (tertiary/aromatic N) is 1. The smallest absolute Gasteiger partial charge is 0.306 e. The summed E-state index contributed by atoms with van der Waals surface area (Å²) in [5.74, 6) is -1.43. The molecule has 0 bridgehead atoms. The highest BCUT2D eigenvalue weighted by Crippen LogP contribution is 2.24. The van der Waals surface area contributed by atoms with E-state index in [0.717, 1.165) is 19.3 Å². The second-order valence-corrected chi connectivity index (χ2v) is 5.21. The Labute approximate surface area is 119 Å². The highest BCUT2D eigenvalue weighted by Gasteiger charge is 2.36. The van der Waals surface area contributed by atoms with Crippen LogP contribution < -0.4 is 5.73 Å². The van der Waals surface area contributed by atoms with Crippen molar-refractivity contribution in [3.05, 3.63) is 0 Å². The summed E-state index contributed by atoms with van der Waals surface area (Å²) in [4.78, 5) is 36.9. The van der Waals surface area contributed by atoms with Crippen LogP contribution in [-0.2, 0) is 19.1 Å². The number of rotatable bonds is 7. The van der Waals surface area contributed by atoms with E-state index in [0.29, 0.717) is 19.4 Å². The van der Waals surface area contributed by atoms with Crippen LogP contribution in [0, 0.1) is 5.92 Å². The molecule has 1 heterocycles. The zero-order chi connectivity index (χ0) is 15.1. The second-order valence-electron chi connectivity index (χ2n) is 5.21. The first-order valence-electron chi connectivity index (χ1n) is 7.17. The molecule has 0 radical (unpaired) electrons. The highest BCUT2D eigenvalue weighted by molar-refractivity contribution is 5.89. The number of unbranched alkanes of at least 4 members (excludes halogenated alkanes) is 1. The molecular weight excluding hydrogens is 260 g/mol. The van der Waals surface area contributed by atoms with E-state index < -0.39 is 23.8 Å². The number of primary amides is 1. The number of nitrogens with two attached hydrogens (primary N) is 1. The third-order valence-electron chi connectivity index (χ3n) is 3.76. The van der Waals surface area contributed by atoms with E-state index in [1.165, 1.54) is 12.0 Å². The summed E-state index contributed by atoms with van der Waals surface area (Å²) < 4.78 is 4.65. The first-order chi connectivity index (χ1) is 9.51. The Kier molecular flexibility index (Phi) is 6.48. The van der Waals surface area contributed by atoms with Crippen molar-refractivity contribution >= 4 is 17.8 Å². The SMILES string of the molecule is CCCC[C@H](CC(=O)OC)C(=O)N1CCC[C@H]1C(N)=O. The van der Waals surface area contributed by atoms with E-state index in [2.05, 4.69) is 4.74 Å². The standard InChI is InChI=1S/C14H24N2O4/c1-3-4-6-10(9-12(17)20-2)14(19)16-8-5-7-11(16)13(15)18/h10-11H,3-9H2,1-2H3,(H2,15,18)/t10-,11+/m1/s1. The monoisotopic (exact) mass is 284 g/mol. The van der Waals surface area contributed by atoms with Crippen molar-refractivity contribution in [2.75, 3.05) is 13.7 Å². The summed E-state index contributed by atoms with van der Waals surface area (Å²) in [7, 11) is 1.31. The number of hydrogen-bond acceptors (Lipinski definition) is 4. The van der Waals surface area contributed by atoms with Gasteiger partial charge < -0.3 is 15.4 Å². The molecule has 0 saturated carbocycles. The summed E-state index contributed by atoms with van der Waals surface area (Å²) in [6.45, 7) is 2.57. The Morgan fingerprint density at radius 1 is 1.40 bits per heavy atom. The van der Waals surface area contributed by atoms with Crippen LogP contribution in [0.3, 0.4) is 0 Å². The zero-order valence-electron chi connectivity index (χ0n) is 12.3. The fourth-order valence-corrected chi connectivity index (χ4v) is 2.61. The Morgan fingerprint density at radius 3 is 2.65 bits per heavy atom. The Hall–Kier alpha value is -1.59. The van der Waals surface area contributed by atoms with Crippen molar-refractivity contribution in [1.29, 1.82) is 0 Å². The van der Waals surface area contributed by atoms with Gasteiger partial charge in [-0.3, -0.25) is 14.4 Å². The van der Waals surface area contributed by atoms with Crippen LogP contribution in [0.1, 0.15) is 45.4 Å². The summed E-state index contributed by atoms with van der Waals surface area (Å²) in [5, 5.41) is 0. The molecule has 1 fully saturated rings. The molecule has 1 rings (SSSR count). The lowest BCUT2D eigenvalue weighted by Gasteiger charge is -2.26. The molecule has 2 N–H and O–H groups in total. The molecule has 114 valence electrons. The molecule has 1 saturated heterocycles. The molecule has 0 unspecified atom stereocenters. The van der Waals surface area contributed by atoms with Gasteiger partial charge in [0, 0.05) is 12.5 Å². The normalized spacial score (nSPS) is 19.7. The maximum atomic E-state index is 12.5. The van der Waals surface area contributed by atoms with Crippen molar-refractivity contribution in [1.82, 2.24) is 4.90 Å². The molecule has 2 atom stereocenters. The molecule has 2 amide bonds. The van der Waals surface area contributed by atoms with Gasteiger partial charge in [-0.25, -0.2) is 0 Å². The summed E-state index contributed by atoms with van der Waals surface area (Å²) in [5.41, 5.74) is 5.33. The number of methoxy groups -OCH3 is 1. The minimum atomic E-state index is -0.524. The third kappa shape index (κ3) is 4.21. The maximum Gasteiger partial charge on any atom is 0.306 e. The lowest BCUT2D eigenvalue weighted by Crippen LogP contribution is -2.46. The Morgan fingerprint density at radius 2 is 2.10 bits per heavy atom. The second kappa shape index (κ2) is 7.87. The number of carbonyl (C=O) groups is 3. The molecule has 0 aliphatic carbocycles. The van der Waals surface area contributed by atoms with E-state index in [1.54, 1.807) is 0 Å². The van der Waals surface area contributed by atoms with Crippen molar-refractivity contribution in [2.24, 2.45) is 11.7 Å². The zero-order valence-corrected chi connectivity index (χ0v) is 12.3. The van der Waals surface area contributed by atoms with Crippen LogP contribution in [0.25, 0.3) is 0 Å². The molecule has 1 aliphatic rings. The van der Waals surface area contributed by atoms with Crippen molar-refractivity contribution in [2.45, 2.75) is 51.5 Å². The first kappa shape index (κ1) is 16.5. The van der Waals surface area contributed by atoms with E-state index in [4.69, 9.17) is 5.73 Å². The van der Waals surface area contributed by atoms with Crippen LogP contribution in [0.15, 0.2) is 0 Å². The largest absolute Gasteiger partial charge is 0.469 e. The molecule has 1 aliphatic heterocycles. The van der Waals surface area contributed by atoms with Gasteiger partial charge in [-0.15, -0.1) is 0 Å². The quantitative estimate of drug-likeness (QED) is 0.701. The van der Waals surface area contributed by atoms with Crippen molar-refractivity contribution in [3.8, 4) is 0 Å². The summed E-state index contributed by atoms with van der Waals surface area (Å²) in [6, 6.07) is -0.524. The molecule has 20 heavy (non-hydrogen) atoms. The molecule has 0 aromatic carbocycles. The predicted molar refractivity (Wildman–Crippen MR) is 73.6 cm³/mol. The molecular formula is C14H24N2O4. The Bertz CT molecular complexity index is 370. The molecule has 6 heteroatoms. The average Bonchev–Trinajstić information content (AvgIpc) is 2.91. The van der Waals surface area contributed by atoms with E-state index >= 15 is 0 Å². The fraction of sp³-hybridized carbons (Fsp3) is 0.786. The maximum absolute atomic E-state index is 12.5. The molecule has 6 nitrogen and oxygen atoms in total. The van der Waals surface area contributed by atoms with Gasteiger partial charge in [-0.05, 0) is 19.3 Å². The minimum absolute atomic E-state index is 0.0668. The molecule has 0 aromatic rings. The van der Waals surface area contributed by atoms with Crippen LogP contribution in [-0.4, -0.2) is 42.4 Å². The fourth-order valence-electron chi connectivity index (χ4n) is 2.61. The molecule has 0 aromatic heterocycles. The van der Waals surface area contributed by atoms with Gasteiger partial charge in [0.2, 0.25) is 11.8 Å². The number of amides is 2. The predicted octanol–water partition coefficient (Wildman–Crippen LogP) is 0.832. The van der Waals surface area contributed by atoms with Gasteiger partial charge in [0.25, 0.3) is 0 Å². The summed E-state index contributed by atoms with van der Waals surface area (Å²) >= 11 is 0. The number of carbonyl (C=O) groups excluding carboxylic acids is 3. The van der Waals surface area contributed by atoms with Gasteiger partial charge in [0.05, 0.1) is 13.5 Å². The third-order valence-corrected chi connectivity index (χ3v) is 3.76. The average molecular weight is 284 g/mol. The van der Waals surface area contributed by atoms with Crippen LogP contribution >= 0.6 is 0 Å². The number of ether oxygens (including phenoxy) is 1. The first-order valence-corrected chi connectivity index (χ1v) is 7.17. The van der Waals surface area contributed by atoms with Crippen LogP contribution in [0.2, 0.25) is 0 Å². The van der Waals surface area contributed by atoms with Crippen LogP contribution in [0.5, 0.6) is 0 Å². The number of likely N-dealkylation sites (tertiary alicyclic amines) is 1. The van der Waals surface area contributed by atoms with Crippen molar-refractivity contribution in [3.63, 3.8) is 0 Å². The summed E-state index contributed by atoms with van der Waals surface area (Å²) in [6.07, 6.45) is 3.90. The minimum Gasteiger partial charge on any atom is -0.469 e. The van der Waals surface area contributed by atoms with Gasteiger partial charge >= 0.3 is 5.97 Å². The van der Waals surface area contributed by atoms with Gasteiger partial charge in [-0.1, -0.05) is 19.8 Å². The van der Waals surface area contributed by atoms with Crippen molar-refractivity contribution < 1.29 is 19.1 Å². The van der Waals surface area contributed by atoms with Gasteiger partial charge in [-0.2, -0.15) is 0 Å². The van der Waals surface area contributed by atoms with E-state index in [1.807, 2.05) is 6.92 Å². The lowest BCUT2D eigenvalue weighted by molar-refractivity contribution is -0.148. The lowest BCUT2D eigenvalue weighted by atomic mass is 9.96. The Balaban J connectivity index is 2.75. The number of hydrogen-bond donors (Lipinski definition) is 1. The topological polar surface area (TPSA) is 89.7 Å².